The first-order valence-corrected chi connectivity index (χ1v) is 8.69. The zero-order valence-corrected chi connectivity index (χ0v) is 14.8. The van der Waals surface area contributed by atoms with Gasteiger partial charge in [0, 0.05) is 19.2 Å². The number of carbonyl (C=O) groups excluding carboxylic acids is 1. The Morgan fingerprint density at radius 2 is 1.92 bits per heavy atom. The summed E-state index contributed by atoms with van der Waals surface area (Å²) in [6.45, 7) is 6.01. The molecule has 0 bridgehead atoms. The number of rotatable bonds is 5. The molecular weight excluding hydrogens is 316 g/mol. The SMILES string of the molecule is Cc1ccc(OCC(=O)Nc2cc(N3CCCCC3)ncn2)cc1C. The number of hydrogen-bond acceptors (Lipinski definition) is 5. The summed E-state index contributed by atoms with van der Waals surface area (Å²) in [5.74, 6) is 1.82. The van der Waals surface area contributed by atoms with Crippen LogP contribution in [0.25, 0.3) is 0 Å². The summed E-state index contributed by atoms with van der Waals surface area (Å²) in [6.07, 6.45) is 5.11. The fourth-order valence-corrected chi connectivity index (χ4v) is 2.84. The number of amides is 1. The summed E-state index contributed by atoms with van der Waals surface area (Å²) in [6, 6.07) is 7.60. The molecule has 0 unspecified atom stereocenters. The quantitative estimate of drug-likeness (QED) is 0.906. The average molecular weight is 340 g/mol. The van der Waals surface area contributed by atoms with Crippen molar-refractivity contribution in [2.45, 2.75) is 33.1 Å². The van der Waals surface area contributed by atoms with Crippen molar-refractivity contribution in [1.82, 2.24) is 9.97 Å². The van der Waals surface area contributed by atoms with Gasteiger partial charge >= 0.3 is 0 Å². The van der Waals surface area contributed by atoms with Crippen molar-refractivity contribution in [2.24, 2.45) is 0 Å². The highest BCUT2D eigenvalue weighted by Crippen LogP contribution is 2.19. The van der Waals surface area contributed by atoms with Crippen LogP contribution in [0, 0.1) is 13.8 Å². The van der Waals surface area contributed by atoms with Gasteiger partial charge < -0.3 is 15.0 Å². The van der Waals surface area contributed by atoms with E-state index in [4.69, 9.17) is 4.74 Å². The highest BCUT2D eigenvalue weighted by atomic mass is 16.5. The van der Waals surface area contributed by atoms with Crippen LogP contribution in [0.5, 0.6) is 5.75 Å². The molecule has 6 heteroatoms. The Bertz CT molecular complexity index is 742. The fourth-order valence-electron chi connectivity index (χ4n) is 2.84. The average Bonchev–Trinajstić information content (AvgIpc) is 2.64. The molecule has 0 spiro atoms. The van der Waals surface area contributed by atoms with Gasteiger partial charge in [0.2, 0.25) is 0 Å². The Hall–Kier alpha value is -2.63. The smallest absolute Gasteiger partial charge is 0.263 e. The molecule has 0 radical (unpaired) electrons. The van der Waals surface area contributed by atoms with Crippen LogP contribution >= 0.6 is 0 Å². The van der Waals surface area contributed by atoms with Crippen molar-refractivity contribution in [1.29, 1.82) is 0 Å². The Balaban J connectivity index is 1.56. The van der Waals surface area contributed by atoms with Crippen LogP contribution < -0.4 is 15.0 Å². The highest BCUT2D eigenvalue weighted by Gasteiger charge is 2.13. The third-order valence-corrected chi connectivity index (χ3v) is 4.45. The van der Waals surface area contributed by atoms with Crippen LogP contribution in [0.3, 0.4) is 0 Å². The molecule has 1 N–H and O–H groups in total. The Morgan fingerprint density at radius 3 is 2.68 bits per heavy atom. The van der Waals surface area contributed by atoms with Crippen molar-refractivity contribution in [3.05, 3.63) is 41.7 Å². The number of carbonyl (C=O) groups is 1. The Labute approximate surface area is 148 Å². The van der Waals surface area contributed by atoms with Crippen LogP contribution in [-0.4, -0.2) is 35.6 Å². The largest absolute Gasteiger partial charge is 0.484 e. The van der Waals surface area contributed by atoms with E-state index in [1.807, 2.05) is 38.1 Å². The minimum Gasteiger partial charge on any atom is -0.484 e. The number of anilines is 2. The summed E-state index contributed by atoms with van der Waals surface area (Å²) >= 11 is 0. The lowest BCUT2D eigenvalue weighted by molar-refractivity contribution is -0.118. The van der Waals surface area contributed by atoms with E-state index in [1.54, 1.807) is 0 Å². The summed E-state index contributed by atoms with van der Waals surface area (Å²) in [4.78, 5) is 22.8. The van der Waals surface area contributed by atoms with Crippen molar-refractivity contribution in [3.8, 4) is 5.75 Å². The highest BCUT2D eigenvalue weighted by molar-refractivity contribution is 5.91. The zero-order chi connectivity index (χ0) is 17.6. The predicted molar refractivity (Wildman–Crippen MR) is 98.1 cm³/mol. The molecule has 2 heterocycles. The first kappa shape index (κ1) is 17.2. The molecule has 3 rings (SSSR count). The second-order valence-electron chi connectivity index (χ2n) is 6.39. The maximum Gasteiger partial charge on any atom is 0.263 e. The number of benzene rings is 1. The van der Waals surface area contributed by atoms with Gasteiger partial charge in [-0.3, -0.25) is 4.79 Å². The van der Waals surface area contributed by atoms with Gasteiger partial charge in [0.25, 0.3) is 5.91 Å². The molecule has 2 aromatic rings. The number of aromatic nitrogens is 2. The van der Waals surface area contributed by atoms with Crippen molar-refractivity contribution >= 4 is 17.5 Å². The monoisotopic (exact) mass is 340 g/mol. The van der Waals surface area contributed by atoms with E-state index >= 15 is 0 Å². The second kappa shape index (κ2) is 7.96. The molecule has 0 aliphatic carbocycles. The first-order valence-electron chi connectivity index (χ1n) is 8.69. The maximum atomic E-state index is 12.1. The molecule has 1 aromatic carbocycles. The van der Waals surface area contributed by atoms with E-state index in [0.29, 0.717) is 11.6 Å². The number of ether oxygens (including phenoxy) is 1. The van der Waals surface area contributed by atoms with Gasteiger partial charge in [0.15, 0.2) is 6.61 Å². The molecule has 6 nitrogen and oxygen atoms in total. The molecule has 1 fully saturated rings. The van der Waals surface area contributed by atoms with Gasteiger partial charge in [-0.15, -0.1) is 0 Å². The summed E-state index contributed by atoms with van der Waals surface area (Å²) < 4.78 is 5.56. The summed E-state index contributed by atoms with van der Waals surface area (Å²) in [7, 11) is 0. The Kier molecular flexibility index (Phi) is 5.48. The number of aryl methyl sites for hydroxylation is 2. The Morgan fingerprint density at radius 1 is 1.12 bits per heavy atom. The third kappa shape index (κ3) is 4.68. The van der Waals surface area contributed by atoms with Crippen LogP contribution in [0.15, 0.2) is 30.6 Å². The molecule has 1 aromatic heterocycles. The molecule has 132 valence electrons. The van der Waals surface area contributed by atoms with E-state index in [-0.39, 0.29) is 12.5 Å². The molecule has 25 heavy (non-hydrogen) atoms. The number of piperidine rings is 1. The lowest BCUT2D eigenvalue weighted by Crippen LogP contribution is -2.30. The molecule has 1 saturated heterocycles. The third-order valence-electron chi connectivity index (χ3n) is 4.45. The lowest BCUT2D eigenvalue weighted by Gasteiger charge is -2.27. The molecule has 1 aliphatic heterocycles. The molecule has 0 saturated carbocycles. The summed E-state index contributed by atoms with van der Waals surface area (Å²) in [5, 5.41) is 2.78. The topological polar surface area (TPSA) is 67.3 Å². The minimum absolute atomic E-state index is 0.0500. The van der Waals surface area contributed by atoms with E-state index < -0.39 is 0 Å². The maximum absolute atomic E-state index is 12.1. The fraction of sp³-hybridized carbons (Fsp3) is 0.421. The standard InChI is InChI=1S/C19H24N4O2/c1-14-6-7-16(10-15(14)2)25-12-19(24)22-17-11-18(21-13-20-17)23-8-4-3-5-9-23/h6-7,10-11,13H,3-5,8-9,12H2,1-2H3,(H,20,21,22,24). The number of nitrogens with one attached hydrogen (secondary N) is 1. The first-order chi connectivity index (χ1) is 12.1. The number of hydrogen-bond donors (Lipinski definition) is 1. The van der Waals surface area contributed by atoms with Gasteiger partial charge in [0.05, 0.1) is 0 Å². The van der Waals surface area contributed by atoms with Gasteiger partial charge in [-0.2, -0.15) is 0 Å². The van der Waals surface area contributed by atoms with Gasteiger partial charge in [-0.1, -0.05) is 6.07 Å². The zero-order valence-electron chi connectivity index (χ0n) is 14.8. The van der Waals surface area contributed by atoms with Crippen LogP contribution in [0.4, 0.5) is 11.6 Å². The van der Waals surface area contributed by atoms with Crippen LogP contribution in [0.1, 0.15) is 30.4 Å². The number of nitrogens with zero attached hydrogens (tertiary/aromatic N) is 3. The van der Waals surface area contributed by atoms with E-state index in [0.717, 1.165) is 24.5 Å². The van der Waals surface area contributed by atoms with E-state index in [1.165, 1.54) is 31.2 Å². The van der Waals surface area contributed by atoms with E-state index in [2.05, 4.69) is 20.2 Å². The van der Waals surface area contributed by atoms with Crippen LogP contribution in [0.2, 0.25) is 0 Å². The van der Waals surface area contributed by atoms with Crippen LogP contribution in [-0.2, 0) is 4.79 Å². The predicted octanol–water partition coefficient (Wildman–Crippen LogP) is 3.10. The van der Waals surface area contributed by atoms with Crippen molar-refractivity contribution < 1.29 is 9.53 Å². The van der Waals surface area contributed by atoms with Gasteiger partial charge in [-0.25, -0.2) is 9.97 Å². The molecule has 1 aliphatic rings. The molecular formula is C19H24N4O2. The van der Waals surface area contributed by atoms with Gasteiger partial charge in [-0.05, 0) is 56.4 Å². The second-order valence-corrected chi connectivity index (χ2v) is 6.39. The van der Waals surface area contributed by atoms with E-state index in [9.17, 15) is 4.79 Å². The summed E-state index contributed by atoms with van der Waals surface area (Å²) in [5.41, 5.74) is 2.34. The molecule has 1 amide bonds. The lowest BCUT2D eigenvalue weighted by atomic mass is 10.1. The molecule has 0 atom stereocenters. The van der Waals surface area contributed by atoms with Crippen molar-refractivity contribution in [3.63, 3.8) is 0 Å². The van der Waals surface area contributed by atoms with Gasteiger partial charge in [0.1, 0.15) is 23.7 Å². The minimum atomic E-state index is -0.235. The normalized spacial score (nSPS) is 14.2. The van der Waals surface area contributed by atoms with Crippen molar-refractivity contribution in [2.75, 3.05) is 29.9 Å².